The van der Waals surface area contributed by atoms with E-state index in [1.54, 1.807) is 0 Å². The van der Waals surface area contributed by atoms with E-state index in [1.165, 1.54) is 25.5 Å². The Bertz CT molecular complexity index is 150. The highest BCUT2D eigenvalue weighted by atomic mass is 16.2. The van der Waals surface area contributed by atoms with Crippen molar-refractivity contribution in [2.75, 3.05) is 13.7 Å². The van der Waals surface area contributed by atoms with Gasteiger partial charge in [-0.05, 0) is 26.8 Å². The summed E-state index contributed by atoms with van der Waals surface area (Å²) in [7, 11) is 1.50. The second-order valence-corrected chi connectivity index (χ2v) is 2.88. The molecule has 2 heteroatoms. The zero-order valence-electron chi connectivity index (χ0n) is 9.79. The Balaban J connectivity index is 0. The minimum atomic E-state index is 0.248. The Morgan fingerprint density at radius 1 is 1.36 bits per heavy atom. The zero-order chi connectivity index (χ0) is 11.2. The third-order valence-electron chi connectivity index (χ3n) is 1.83. The predicted molar refractivity (Wildman–Crippen MR) is 64.2 cm³/mol. The van der Waals surface area contributed by atoms with Gasteiger partial charge in [-0.15, -0.1) is 0 Å². The van der Waals surface area contributed by atoms with E-state index in [9.17, 15) is 0 Å². The van der Waals surface area contributed by atoms with Crippen molar-refractivity contribution < 1.29 is 5.11 Å². The van der Waals surface area contributed by atoms with Crippen molar-refractivity contribution in [1.29, 1.82) is 0 Å². The summed E-state index contributed by atoms with van der Waals surface area (Å²) >= 11 is 0. The average molecular weight is 199 g/mol. The summed E-state index contributed by atoms with van der Waals surface area (Å²) in [6, 6.07) is 0. The van der Waals surface area contributed by atoms with Crippen LogP contribution in [0.2, 0.25) is 0 Å². The smallest absolute Gasteiger partial charge is 0.0471 e. The van der Waals surface area contributed by atoms with Crippen molar-refractivity contribution in [2.45, 2.75) is 39.5 Å². The molecule has 0 fully saturated rings. The molecule has 84 valence electrons. The normalized spacial score (nSPS) is 11.4. The molecule has 0 unspecified atom stereocenters. The van der Waals surface area contributed by atoms with Crippen LogP contribution in [0.25, 0.3) is 0 Å². The van der Waals surface area contributed by atoms with Crippen molar-refractivity contribution in [3.8, 4) is 0 Å². The minimum Gasteiger partial charge on any atom is -0.396 e. The van der Waals surface area contributed by atoms with Crippen LogP contribution in [0.3, 0.4) is 0 Å². The molecule has 0 saturated heterocycles. The molecular formula is C12H25NO. The molecular weight excluding hydrogens is 174 g/mol. The molecule has 0 spiro atoms. The molecule has 2 nitrogen and oxygen atoms in total. The van der Waals surface area contributed by atoms with Crippen LogP contribution in [0.15, 0.2) is 23.8 Å². The van der Waals surface area contributed by atoms with Crippen molar-refractivity contribution in [2.24, 2.45) is 5.73 Å². The van der Waals surface area contributed by atoms with Crippen LogP contribution in [0.4, 0.5) is 0 Å². The maximum absolute atomic E-state index is 8.70. The van der Waals surface area contributed by atoms with Gasteiger partial charge in [-0.1, -0.05) is 43.6 Å². The predicted octanol–water partition coefficient (Wildman–Crippen LogP) is 2.64. The standard InChI is InChI=1S/C11H20O.CH5N/c1-3-5-6-7-8-11(4-2)9-10-12;1-2/h4,7-8,12H,3,5-6,9-10H2,1-2H3;2H2,1H3/b8-7-,11-4+;. The lowest BCUT2D eigenvalue weighted by Gasteiger charge is -1.96. The first-order chi connectivity index (χ1) is 6.85. The molecule has 0 aliphatic rings. The van der Waals surface area contributed by atoms with Crippen LogP contribution in [0.5, 0.6) is 0 Å². The van der Waals surface area contributed by atoms with Crippen LogP contribution >= 0.6 is 0 Å². The molecule has 0 amide bonds. The van der Waals surface area contributed by atoms with E-state index in [0.29, 0.717) is 0 Å². The summed E-state index contributed by atoms with van der Waals surface area (Å²) in [6.45, 7) is 4.45. The maximum atomic E-state index is 8.70. The van der Waals surface area contributed by atoms with E-state index >= 15 is 0 Å². The lowest BCUT2D eigenvalue weighted by Crippen LogP contribution is -1.84. The van der Waals surface area contributed by atoms with Gasteiger partial charge in [0.2, 0.25) is 0 Å². The van der Waals surface area contributed by atoms with Crippen molar-refractivity contribution in [3.63, 3.8) is 0 Å². The molecule has 0 bridgehead atoms. The largest absolute Gasteiger partial charge is 0.396 e. The number of hydrogen-bond acceptors (Lipinski definition) is 2. The molecule has 0 heterocycles. The Morgan fingerprint density at radius 2 is 2.00 bits per heavy atom. The average Bonchev–Trinajstić information content (AvgIpc) is 2.25. The highest BCUT2D eigenvalue weighted by Crippen LogP contribution is 2.04. The summed E-state index contributed by atoms with van der Waals surface area (Å²) in [6.07, 6.45) is 10.8. The van der Waals surface area contributed by atoms with Gasteiger partial charge in [0.15, 0.2) is 0 Å². The molecule has 14 heavy (non-hydrogen) atoms. The molecule has 0 aliphatic heterocycles. The van der Waals surface area contributed by atoms with Gasteiger partial charge in [0.1, 0.15) is 0 Å². The van der Waals surface area contributed by atoms with E-state index in [4.69, 9.17) is 5.11 Å². The lowest BCUT2D eigenvalue weighted by atomic mass is 10.1. The molecule has 0 aliphatic carbocycles. The highest BCUT2D eigenvalue weighted by Gasteiger charge is 1.87. The second kappa shape index (κ2) is 14.9. The highest BCUT2D eigenvalue weighted by molar-refractivity contribution is 5.17. The Morgan fingerprint density at radius 3 is 2.43 bits per heavy atom. The van der Waals surface area contributed by atoms with Gasteiger partial charge in [0.05, 0.1) is 0 Å². The molecule has 0 aromatic carbocycles. The van der Waals surface area contributed by atoms with Crippen LogP contribution < -0.4 is 5.73 Å². The number of nitrogens with two attached hydrogens (primary N) is 1. The first-order valence-electron chi connectivity index (χ1n) is 5.35. The van der Waals surface area contributed by atoms with E-state index < -0.39 is 0 Å². The fraction of sp³-hybridized carbons (Fsp3) is 0.667. The van der Waals surface area contributed by atoms with Crippen LogP contribution in [0.1, 0.15) is 39.5 Å². The third-order valence-corrected chi connectivity index (χ3v) is 1.83. The third kappa shape index (κ3) is 11.4. The summed E-state index contributed by atoms with van der Waals surface area (Å²) in [5, 5.41) is 8.70. The summed E-state index contributed by atoms with van der Waals surface area (Å²) in [5.74, 6) is 0. The van der Waals surface area contributed by atoms with Crippen LogP contribution in [-0.4, -0.2) is 18.8 Å². The summed E-state index contributed by atoms with van der Waals surface area (Å²) in [5.41, 5.74) is 5.73. The fourth-order valence-electron chi connectivity index (χ4n) is 1.01. The van der Waals surface area contributed by atoms with Crippen molar-refractivity contribution >= 4 is 0 Å². The van der Waals surface area contributed by atoms with E-state index in [0.717, 1.165) is 12.8 Å². The molecule has 0 saturated carbocycles. The SMILES string of the molecule is C/C=C(\C=C/CCCC)CCO.CN. The Labute approximate surface area is 88.5 Å². The first kappa shape index (κ1) is 15.9. The van der Waals surface area contributed by atoms with Gasteiger partial charge in [-0.3, -0.25) is 0 Å². The molecule has 0 atom stereocenters. The molecule has 0 rings (SSSR count). The number of rotatable bonds is 6. The summed E-state index contributed by atoms with van der Waals surface area (Å²) in [4.78, 5) is 0. The van der Waals surface area contributed by atoms with Gasteiger partial charge in [0, 0.05) is 6.61 Å². The Hall–Kier alpha value is -0.600. The zero-order valence-corrected chi connectivity index (χ0v) is 9.79. The van der Waals surface area contributed by atoms with Crippen molar-refractivity contribution in [1.82, 2.24) is 0 Å². The van der Waals surface area contributed by atoms with Gasteiger partial charge in [0.25, 0.3) is 0 Å². The van der Waals surface area contributed by atoms with Crippen LogP contribution in [-0.2, 0) is 0 Å². The maximum Gasteiger partial charge on any atom is 0.0471 e. The van der Waals surface area contributed by atoms with Gasteiger partial charge in [-0.25, -0.2) is 0 Å². The first-order valence-corrected chi connectivity index (χ1v) is 5.35. The topological polar surface area (TPSA) is 46.2 Å². The van der Waals surface area contributed by atoms with Gasteiger partial charge >= 0.3 is 0 Å². The van der Waals surface area contributed by atoms with E-state index in [-0.39, 0.29) is 6.61 Å². The quantitative estimate of drug-likeness (QED) is 0.510. The fourth-order valence-corrected chi connectivity index (χ4v) is 1.01. The summed E-state index contributed by atoms with van der Waals surface area (Å²) < 4.78 is 0. The van der Waals surface area contributed by atoms with Crippen molar-refractivity contribution in [3.05, 3.63) is 23.8 Å². The van der Waals surface area contributed by atoms with E-state index in [1.807, 2.05) is 6.92 Å². The molecule has 0 aromatic rings. The number of unbranched alkanes of at least 4 members (excludes halogenated alkanes) is 2. The molecule has 0 aromatic heterocycles. The number of aliphatic hydroxyl groups is 1. The van der Waals surface area contributed by atoms with E-state index in [2.05, 4.69) is 30.9 Å². The minimum absolute atomic E-state index is 0.248. The lowest BCUT2D eigenvalue weighted by molar-refractivity contribution is 0.300. The van der Waals surface area contributed by atoms with Gasteiger partial charge in [-0.2, -0.15) is 0 Å². The second-order valence-electron chi connectivity index (χ2n) is 2.88. The number of aliphatic hydroxyl groups excluding tert-OH is 1. The number of hydrogen-bond donors (Lipinski definition) is 2. The molecule has 0 radical (unpaired) electrons. The Kier molecular flexibility index (Phi) is 16.9. The van der Waals surface area contributed by atoms with Gasteiger partial charge < -0.3 is 10.8 Å². The molecule has 3 N–H and O–H groups in total. The number of allylic oxidation sites excluding steroid dienone is 3. The monoisotopic (exact) mass is 199 g/mol. The van der Waals surface area contributed by atoms with Crippen LogP contribution in [0, 0.1) is 0 Å².